The molecule has 1 aliphatic rings. The molecule has 0 saturated carbocycles. The van der Waals surface area contributed by atoms with Gasteiger partial charge in [-0.05, 0) is 24.3 Å². The number of nitrogens with two attached hydrogens (primary N) is 3. The van der Waals surface area contributed by atoms with Crippen LogP contribution in [0.2, 0.25) is 0 Å². The largest absolute Gasteiger partial charge is 0.399 e. The summed E-state index contributed by atoms with van der Waals surface area (Å²) in [7, 11) is 4.00. The predicted octanol–water partition coefficient (Wildman–Crippen LogP) is 0.0372. The van der Waals surface area contributed by atoms with Gasteiger partial charge in [0, 0.05) is 18.4 Å². The van der Waals surface area contributed by atoms with Gasteiger partial charge in [-0.3, -0.25) is 10.6 Å². The molecule has 2 rings (SSSR count). The van der Waals surface area contributed by atoms with Crippen molar-refractivity contribution in [2.45, 2.75) is 20.1 Å². The van der Waals surface area contributed by atoms with Crippen molar-refractivity contribution >= 4 is 11.4 Å². The number of nitrogens with one attached hydrogen (secondary N) is 1. The normalized spacial score (nSPS) is 20.6. The Morgan fingerprint density at radius 3 is 1.61 bits per heavy atom. The second-order valence-corrected chi connectivity index (χ2v) is 3.84. The summed E-state index contributed by atoms with van der Waals surface area (Å²) < 4.78 is 0. The van der Waals surface area contributed by atoms with Crippen molar-refractivity contribution in [2.75, 3.05) is 25.6 Å². The van der Waals surface area contributed by atoms with Crippen molar-refractivity contribution in [1.29, 1.82) is 0 Å². The zero-order valence-electron chi connectivity index (χ0n) is 11.7. The first kappa shape index (κ1) is 16.3. The van der Waals surface area contributed by atoms with Crippen molar-refractivity contribution in [3.63, 3.8) is 0 Å². The van der Waals surface area contributed by atoms with E-state index in [1.165, 1.54) is 4.90 Å². The Hall–Kier alpha value is -1.72. The number of hydrogen-bond donors (Lipinski definition) is 4. The third-order valence-electron chi connectivity index (χ3n) is 2.41. The first-order chi connectivity index (χ1) is 8.50. The lowest BCUT2D eigenvalue weighted by Crippen LogP contribution is -3.10. The average molecular weight is 252 g/mol. The van der Waals surface area contributed by atoms with Crippen LogP contribution in [0.25, 0.3) is 0 Å². The minimum atomic E-state index is 0.120. The Bertz CT molecular complexity index is 314. The summed E-state index contributed by atoms with van der Waals surface area (Å²) in [4.78, 5) is 3.21. The van der Waals surface area contributed by atoms with E-state index in [0.29, 0.717) is 0 Å². The molecule has 18 heavy (non-hydrogen) atoms. The number of benzene rings is 1. The van der Waals surface area contributed by atoms with E-state index in [1.807, 2.05) is 45.2 Å². The first-order valence-corrected chi connectivity index (χ1v) is 6.11. The van der Waals surface area contributed by atoms with Gasteiger partial charge in [0.2, 0.25) is 6.29 Å². The van der Waals surface area contributed by atoms with Gasteiger partial charge in [0.1, 0.15) is 6.20 Å². The van der Waals surface area contributed by atoms with E-state index in [-0.39, 0.29) is 6.29 Å². The first-order valence-electron chi connectivity index (χ1n) is 6.11. The molecule has 0 fully saturated rings. The fraction of sp³-hybridized carbons (Fsp3) is 0.385. The third-order valence-corrected chi connectivity index (χ3v) is 2.41. The summed E-state index contributed by atoms with van der Waals surface area (Å²) in [6.45, 7) is 4.00. The second-order valence-electron chi connectivity index (χ2n) is 3.84. The lowest BCUT2D eigenvalue weighted by molar-refractivity contribution is -0.856. The molecular weight excluding hydrogens is 226 g/mol. The maximum absolute atomic E-state index is 5.65. The van der Waals surface area contributed by atoms with E-state index in [4.69, 9.17) is 17.2 Å². The molecule has 102 valence electrons. The van der Waals surface area contributed by atoms with E-state index >= 15 is 0 Å². The van der Waals surface area contributed by atoms with Gasteiger partial charge in [0.25, 0.3) is 0 Å². The molecule has 2 atom stereocenters. The summed E-state index contributed by atoms with van der Waals surface area (Å²) in [5.74, 6) is 0. The fourth-order valence-corrected chi connectivity index (χ4v) is 1.24. The average Bonchev–Trinajstić information content (AvgIpc) is 2.68. The van der Waals surface area contributed by atoms with E-state index in [9.17, 15) is 0 Å². The number of rotatable bonds is 0. The molecular formula is C13H26N5+. The molecule has 2 unspecified atom stereocenters. The molecule has 1 aromatic carbocycles. The van der Waals surface area contributed by atoms with Crippen LogP contribution in [0.4, 0.5) is 11.4 Å². The molecule has 0 aromatic heterocycles. The Balaban J connectivity index is 0.000000283. The Kier molecular flexibility index (Phi) is 7.58. The number of quaternary nitrogens is 1. The Morgan fingerprint density at radius 1 is 1.06 bits per heavy atom. The maximum atomic E-state index is 5.65. The molecule has 7 N–H and O–H groups in total. The van der Waals surface area contributed by atoms with Crippen LogP contribution >= 0.6 is 0 Å². The van der Waals surface area contributed by atoms with Gasteiger partial charge in [0.15, 0.2) is 0 Å². The summed E-state index contributed by atoms with van der Waals surface area (Å²) >= 11 is 0. The monoisotopic (exact) mass is 252 g/mol. The van der Waals surface area contributed by atoms with E-state index in [1.54, 1.807) is 24.3 Å². The van der Waals surface area contributed by atoms with Crippen molar-refractivity contribution in [3.05, 3.63) is 36.7 Å². The second kappa shape index (κ2) is 8.38. The molecule has 0 spiro atoms. The Morgan fingerprint density at radius 2 is 1.44 bits per heavy atom. The van der Waals surface area contributed by atoms with Gasteiger partial charge < -0.3 is 16.4 Å². The van der Waals surface area contributed by atoms with Crippen LogP contribution in [-0.2, 0) is 0 Å². The lowest BCUT2D eigenvalue weighted by Gasteiger charge is -2.16. The van der Waals surface area contributed by atoms with Crippen LogP contribution in [0, 0.1) is 0 Å². The number of nitrogens with zero attached hydrogens (tertiary/aromatic N) is 1. The SMILES string of the molecule is CC.CN1C=C[NH+](C)C1N.Nc1ccc(N)cc1. The van der Waals surface area contributed by atoms with Crippen molar-refractivity contribution < 1.29 is 4.90 Å². The number of hydrogen-bond acceptors (Lipinski definition) is 4. The van der Waals surface area contributed by atoms with Crippen molar-refractivity contribution in [3.8, 4) is 0 Å². The van der Waals surface area contributed by atoms with Crippen LogP contribution in [0.5, 0.6) is 0 Å². The van der Waals surface area contributed by atoms with E-state index in [0.717, 1.165) is 11.4 Å². The van der Waals surface area contributed by atoms with E-state index < -0.39 is 0 Å². The van der Waals surface area contributed by atoms with Gasteiger partial charge in [0.05, 0.1) is 13.2 Å². The number of anilines is 2. The zero-order chi connectivity index (χ0) is 14.1. The molecule has 0 saturated heterocycles. The van der Waals surface area contributed by atoms with Crippen molar-refractivity contribution in [1.82, 2.24) is 4.90 Å². The van der Waals surface area contributed by atoms with Gasteiger partial charge in [-0.1, -0.05) is 13.8 Å². The van der Waals surface area contributed by atoms with Gasteiger partial charge in [-0.2, -0.15) is 0 Å². The molecule has 0 amide bonds. The highest BCUT2D eigenvalue weighted by Gasteiger charge is 2.19. The van der Waals surface area contributed by atoms with E-state index in [2.05, 4.69) is 0 Å². The van der Waals surface area contributed by atoms with Gasteiger partial charge in [-0.25, -0.2) is 0 Å². The summed E-state index contributed by atoms with van der Waals surface area (Å²) in [6, 6.07) is 7.09. The maximum Gasteiger partial charge on any atom is 0.222 e. The van der Waals surface area contributed by atoms with Crippen LogP contribution in [0.3, 0.4) is 0 Å². The minimum absolute atomic E-state index is 0.120. The highest BCUT2D eigenvalue weighted by Crippen LogP contribution is 2.04. The summed E-state index contributed by atoms with van der Waals surface area (Å²) in [6.07, 6.45) is 4.14. The standard InChI is InChI=1S/C6H8N2.C5H11N3.C2H6/c7-5-1-2-6(8)4-3-5;1-7-3-4-8(2)5(7)6;1-2/h1-4H,7-8H2;3-5H,6H2,1-2H3;1-2H3/p+1. The molecule has 0 radical (unpaired) electrons. The smallest absolute Gasteiger partial charge is 0.222 e. The molecule has 5 nitrogen and oxygen atoms in total. The Labute approximate surface area is 110 Å². The predicted molar refractivity (Wildman–Crippen MR) is 78.4 cm³/mol. The fourth-order valence-electron chi connectivity index (χ4n) is 1.24. The quantitative estimate of drug-likeness (QED) is 0.491. The van der Waals surface area contributed by atoms with Crippen molar-refractivity contribution in [2.24, 2.45) is 5.73 Å². The van der Waals surface area contributed by atoms with Gasteiger partial charge >= 0.3 is 0 Å². The number of nitrogen functional groups attached to an aromatic ring is 2. The topological polar surface area (TPSA) is 85.7 Å². The zero-order valence-corrected chi connectivity index (χ0v) is 11.7. The highest BCUT2D eigenvalue weighted by molar-refractivity contribution is 5.47. The lowest BCUT2D eigenvalue weighted by atomic mass is 10.3. The van der Waals surface area contributed by atoms with Crippen LogP contribution in [0.15, 0.2) is 36.7 Å². The minimum Gasteiger partial charge on any atom is -0.399 e. The molecule has 0 aliphatic carbocycles. The molecule has 5 heteroatoms. The highest BCUT2D eigenvalue weighted by atomic mass is 15.4. The molecule has 1 aliphatic heterocycles. The van der Waals surface area contributed by atoms with Crippen LogP contribution < -0.4 is 22.1 Å². The molecule has 1 heterocycles. The van der Waals surface area contributed by atoms with Crippen LogP contribution in [0.1, 0.15) is 13.8 Å². The van der Waals surface area contributed by atoms with Crippen LogP contribution in [-0.4, -0.2) is 25.3 Å². The third kappa shape index (κ3) is 5.56. The van der Waals surface area contributed by atoms with Gasteiger partial charge in [-0.15, -0.1) is 0 Å². The summed E-state index contributed by atoms with van der Waals surface area (Å²) in [5, 5.41) is 0. The molecule has 0 bridgehead atoms. The molecule has 1 aromatic rings. The summed E-state index contributed by atoms with van der Waals surface area (Å²) in [5.41, 5.74) is 17.9.